The Labute approximate surface area is 196 Å². The predicted octanol–water partition coefficient (Wildman–Crippen LogP) is 5.80. The first-order chi connectivity index (χ1) is 16.4. The molecule has 34 heavy (non-hydrogen) atoms. The molecule has 6 nitrogen and oxygen atoms in total. The second-order valence-electron chi connectivity index (χ2n) is 7.78. The Kier molecular flexibility index (Phi) is 5.39. The topological polar surface area (TPSA) is 88.4 Å². The van der Waals surface area contributed by atoms with Crippen molar-refractivity contribution in [3.05, 3.63) is 115 Å². The largest absolute Gasteiger partial charge is 0.478 e. The molecule has 0 bridgehead atoms. The third-order valence-electron chi connectivity index (χ3n) is 5.59. The summed E-state index contributed by atoms with van der Waals surface area (Å²) in [6.45, 7) is 0. The first-order valence-corrected chi connectivity index (χ1v) is 12.0. The van der Waals surface area contributed by atoms with E-state index in [2.05, 4.69) is 22.9 Å². The zero-order valence-electron chi connectivity index (χ0n) is 17.9. The fraction of sp³-hybridized carbons (Fsp3) is 0. The lowest BCUT2D eigenvalue weighted by Crippen LogP contribution is -2.14. The lowest BCUT2D eigenvalue weighted by atomic mass is 10.0. The smallest absolute Gasteiger partial charge is 0.335 e. The molecule has 1 aromatic heterocycles. The molecule has 0 saturated carbocycles. The summed E-state index contributed by atoms with van der Waals surface area (Å²) < 4.78 is 30.3. The van der Waals surface area contributed by atoms with Crippen LogP contribution >= 0.6 is 0 Å². The van der Waals surface area contributed by atoms with E-state index in [0.29, 0.717) is 5.69 Å². The van der Waals surface area contributed by atoms with E-state index in [-0.39, 0.29) is 10.5 Å². The lowest BCUT2D eigenvalue weighted by Gasteiger charge is -2.12. The Morgan fingerprint density at radius 3 is 2.35 bits per heavy atom. The summed E-state index contributed by atoms with van der Waals surface area (Å²) in [5, 5.41) is 10.3. The molecule has 168 valence electrons. The molecule has 4 aromatic carbocycles. The first kappa shape index (κ1) is 21.5. The third-order valence-corrected chi connectivity index (χ3v) is 6.96. The van der Waals surface area contributed by atoms with Gasteiger partial charge in [0.1, 0.15) is 0 Å². The molecule has 0 unspecified atom stereocenters. The summed E-state index contributed by atoms with van der Waals surface area (Å²) >= 11 is 0. The Morgan fingerprint density at radius 2 is 1.56 bits per heavy atom. The van der Waals surface area contributed by atoms with Crippen LogP contribution in [0.3, 0.4) is 0 Å². The van der Waals surface area contributed by atoms with Crippen LogP contribution in [-0.2, 0) is 10.0 Å². The number of hydrogen-bond donors (Lipinski definition) is 2. The van der Waals surface area contributed by atoms with Crippen molar-refractivity contribution in [1.29, 1.82) is 0 Å². The molecule has 0 spiro atoms. The number of aromatic nitrogens is 1. The van der Waals surface area contributed by atoms with Gasteiger partial charge in [0.15, 0.2) is 0 Å². The van der Waals surface area contributed by atoms with Gasteiger partial charge in [0.05, 0.1) is 21.7 Å². The van der Waals surface area contributed by atoms with Gasteiger partial charge < -0.3 is 9.67 Å². The fourth-order valence-electron chi connectivity index (χ4n) is 3.99. The van der Waals surface area contributed by atoms with Crippen LogP contribution in [0.2, 0.25) is 0 Å². The molecule has 0 aliphatic carbocycles. The van der Waals surface area contributed by atoms with Crippen LogP contribution in [0.15, 0.2) is 114 Å². The van der Waals surface area contributed by atoms with E-state index >= 15 is 0 Å². The lowest BCUT2D eigenvalue weighted by molar-refractivity contribution is 0.0696. The molecule has 0 amide bonds. The molecule has 7 heteroatoms. The quantitative estimate of drug-likeness (QED) is 0.330. The van der Waals surface area contributed by atoms with Crippen LogP contribution in [0.1, 0.15) is 10.4 Å². The van der Waals surface area contributed by atoms with Gasteiger partial charge in [-0.25, -0.2) is 13.2 Å². The molecule has 0 radical (unpaired) electrons. The Bertz CT molecular complexity index is 1620. The molecule has 0 atom stereocenters. The van der Waals surface area contributed by atoms with Gasteiger partial charge >= 0.3 is 5.97 Å². The summed E-state index contributed by atoms with van der Waals surface area (Å²) in [7, 11) is -3.96. The number of rotatable bonds is 6. The molecule has 0 fully saturated rings. The number of sulfonamides is 1. The van der Waals surface area contributed by atoms with E-state index in [1.807, 2.05) is 53.2 Å². The number of anilines is 1. The van der Waals surface area contributed by atoms with Crippen LogP contribution in [0.5, 0.6) is 0 Å². The Hall–Kier alpha value is -4.36. The maximum Gasteiger partial charge on any atom is 0.335 e. The second-order valence-corrected chi connectivity index (χ2v) is 9.46. The minimum atomic E-state index is -3.96. The average Bonchev–Trinajstić information content (AvgIpc) is 3.29. The highest BCUT2D eigenvalue weighted by molar-refractivity contribution is 7.92. The zero-order valence-corrected chi connectivity index (χ0v) is 18.7. The van der Waals surface area contributed by atoms with Gasteiger partial charge in [0, 0.05) is 17.3 Å². The first-order valence-electron chi connectivity index (χ1n) is 10.5. The summed E-state index contributed by atoms with van der Waals surface area (Å²) in [6.07, 6.45) is 1.96. The standard InChI is InChI=1S/C27H20N2O4S/c30-27(31)20-9-4-12-23(17-20)34(32,33)28-21-10-5-11-22(18-21)29-16-15-25-24(13-6-14-26(25)29)19-7-2-1-3-8-19/h1-18,28H,(H,30,31). The third kappa shape index (κ3) is 4.04. The highest BCUT2D eigenvalue weighted by Gasteiger charge is 2.17. The fourth-order valence-corrected chi connectivity index (χ4v) is 5.09. The van der Waals surface area contributed by atoms with Crippen LogP contribution in [0.4, 0.5) is 5.69 Å². The summed E-state index contributed by atoms with van der Waals surface area (Å²) in [5.74, 6) is -1.19. The summed E-state index contributed by atoms with van der Waals surface area (Å²) in [5.41, 5.74) is 4.31. The molecule has 5 aromatic rings. The summed E-state index contributed by atoms with van der Waals surface area (Å²) in [4.78, 5) is 11.1. The normalized spacial score (nSPS) is 11.4. The van der Waals surface area contributed by atoms with Gasteiger partial charge in [-0.1, -0.05) is 54.6 Å². The highest BCUT2D eigenvalue weighted by Crippen LogP contribution is 2.31. The SMILES string of the molecule is O=C(O)c1cccc(S(=O)(=O)Nc2cccc(-n3ccc4c(-c5ccccc5)cccc43)c2)c1. The van der Waals surface area contributed by atoms with Crippen molar-refractivity contribution < 1.29 is 18.3 Å². The number of fused-ring (bicyclic) bond motifs is 1. The molecule has 2 N–H and O–H groups in total. The monoisotopic (exact) mass is 468 g/mol. The van der Waals surface area contributed by atoms with Crippen molar-refractivity contribution in [2.45, 2.75) is 4.90 Å². The van der Waals surface area contributed by atoms with Gasteiger partial charge in [0.25, 0.3) is 10.0 Å². The van der Waals surface area contributed by atoms with E-state index < -0.39 is 16.0 Å². The molecular formula is C27H20N2O4S. The van der Waals surface area contributed by atoms with Crippen molar-refractivity contribution >= 4 is 32.6 Å². The number of hydrogen-bond acceptors (Lipinski definition) is 3. The minimum absolute atomic E-state index is 0.0929. The average molecular weight is 469 g/mol. The number of carboxylic acids is 1. The number of carboxylic acid groups (broad SMARTS) is 1. The minimum Gasteiger partial charge on any atom is -0.478 e. The summed E-state index contributed by atoms with van der Waals surface area (Å²) in [6, 6.07) is 30.6. The number of carbonyl (C=O) groups is 1. The predicted molar refractivity (Wildman–Crippen MR) is 133 cm³/mol. The van der Waals surface area contributed by atoms with Gasteiger partial charge in [-0.3, -0.25) is 4.72 Å². The second kappa shape index (κ2) is 8.53. The van der Waals surface area contributed by atoms with Crippen LogP contribution < -0.4 is 4.72 Å². The van der Waals surface area contributed by atoms with Crippen LogP contribution in [0, 0.1) is 0 Å². The van der Waals surface area contributed by atoms with E-state index in [0.717, 1.165) is 33.8 Å². The van der Waals surface area contributed by atoms with E-state index in [4.69, 9.17) is 5.11 Å². The van der Waals surface area contributed by atoms with Crippen LogP contribution in [0.25, 0.3) is 27.7 Å². The molecule has 5 rings (SSSR count). The maximum absolute atomic E-state index is 12.9. The van der Waals surface area contributed by atoms with Crippen LogP contribution in [-0.4, -0.2) is 24.1 Å². The number of benzene rings is 4. The van der Waals surface area contributed by atoms with Gasteiger partial charge in [-0.2, -0.15) is 0 Å². The molecular weight excluding hydrogens is 448 g/mol. The molecule has 1 heterocycles. The van der Waals surface area contributed by atoms with Gasteiger partial charge in [-0.05, 0) is 59.7 Å². The Balaban J connectivity index is 1.51. The van der Waals surface area contributed by atoms with Crippen molar-refractivity contribution in [2.75, 3.05) is 4.72 Å². The Morgan fingerprint density at radius 1 is 0.794 bits per heavy atom. The molecule has 0 aliphatic heterocycles. The van der Waals surface area contributed by atoms with Crippen molar-refractivity contribution in [3.8, 4) is 16.8 Å². The van der Waals surface area contributed by atoms with E-state index in [1.54, 1.807) is 18.2 Å². The number of nitrogens with zero attached hydrogens (tertiary/aromatic N) is 1. The van der Waals surface area contributed by atoms with E-state index in [9.17, 15) is 13.2 Å². The van der Waals surface area contributed by atoms with Crippen molar-refractivity contribution in [3.63, 3.8) is 0 Å². The number of nitrogens with one attached hydrogen (secondary N) is 1. The highest BCUT2D eigenvalue weighted by atomic mass is 32.2. The van der Waals surface area contributed by atoms with Crippen molar-refractivity contribution in [2.24, 2.45) is 0 Å². The molecule has 0 saturated heterocycles. The van der Waals surface area contributed by atoms with Gasteiger partial charge in [0.2, 0.25) is 0 Å². The maximum atomic E-state index is 12.9. The zero-order chi connectivity index (χ0) is 23.7. The molecule has 0 aliphatic rings. The van der Waals surface area contributed by atoms with Gasteiger partial charge in [-0.15, -0.1) is 0 Å². The van der Waals surface area contributed by atoms with E-state index in [1.165, 1.54) is 18.2 Å². The number of aromatic carboxylic acids is 1. The van der Waals surface area contributed by atoms with Crippen molar-refractivity contribution in [1.82, 2.24) is 4.57 Å².